The third-order valence-corrected chi connectivity index (χ3v) is 3.49. The minimum absolute atomic E-state index is 0.103. The van der Waals surface area contributed by atoms with Crippen LogP contribution >= 0.6 is 0 Å². The topological polar surface area (TPSA) is 61.6 Å². The zero-order valence-electron chi connectivity index (χ0n) is 12.1. The first-order valence-corrected chi connectivity index (χ1v) is 6.87. The standard InChI is InChI=1S/C13H28N4O/c1-10(2)15-13(18)7-12(8-14)17-6-5-16(4)9-11(17)3/h10-12H,5-9,14H2,1-4H3,(H,15,18). The monoisotopic (exact) mass is 256 g/mol. The van der Waals surface area contributed by atoms with Crippen LogP contribution in [-0.2, 0) is 4.79 Å². The maximum absolute atomic E-state index is 11.8. The molecule has 1 aliphatic heterocycles. The Balaban J connectivity index is 2.52. The zero-order valence-corrected chi connectivity index (χ0v) is 12.1. The Labute approximate surface area is 111 Å². The summed E-state index contributed by atoms with van der Waals surface area (Å²) in [6.07, 6.45) is 0.503. The van der Waals surface area contributed by atoms with E-state index in [2.05, 4.69) is 29.1 Å². The molecule has 1 saturated heterocycles. The van der Waals surface area contributed by atoms with Crippen molar-refractivity contribution in [2.24, 2.45) is 5.73 Å². The number of piperazine rings is 1. The number of rotatable bonds is 5. The van der Waals surface area contributed by atoms with Gasteiger partial charge in [0.1, 0.15) is 0 Å². The minimum Gasteiger partial charge on any atom is -0.354 e. The second-order valence-corrected chi connectivity index (χ2v) is 5.66. The van der Waals surface area contributed by atoms with E-state index in [1.165, 1.54) is 0 Å². The van der Waals surface area contributed by atoms with Gasteiger partial charge in [0.05, 0.1) is 0 Å². The number of hydrogen-bond acceptors (Lipinski definition) is 4. The summed E-state index contributed by atoms with van der Waals surface area (Å²) in [5.74, 6) is 0.103. The molecule has 0 spiro atoms. The molecule has 0 radical (unpaired) electrons. The van der Waals surface area contributed by atoms with Gasteiger partial charge >= 0.3 is 0 Å². The number of carbonyl (C=O) groups excluding carboxylic acids is 1. The van der Waals surface area contributed by atoms with Gasteiger partial charge in [-0.15, -0.1) is 0 Å². The Hall–Kier alpha value is -0.650. The first-order valence-electron chi connectivity index (χ1n) is 6.87. The molecule has 1 rings (SSSR count). The van der Waals surface area contributed by atoms with E-state index in [9.17, 15) is 4.79 Å². The SMILES string of the molecule is CC(C)NC(=O)CC(CN)N1CCN(C)CC1C. The molecule has 3 N–H and O–H groups in total. The van der Waals surface area contributed by atoms with E-state index in [1.54, 1.807) is 0 Å². The number of nitrogens with zero attached hydrogens (tertiary/aromatic N) is 2. The van der Waals surface area contributed by atoms with Crippen LogP contribution in [0.5, 0.6) is 0 Å². The molecule has 2 unspecified atom stereocenters. The molecule has 0 aromatic rings. The number of carbonyl (C=O) groups is 1. The van der Waals surface area contributed by atoms with E-state index in [0.717, 1.165) is 19.6 Å². The van der Waals surface area contributed by atoms with Crippen molar-refractivity contribution >= 4 is 5.91 Å². The Morgan fingerprint density at radius 1 is 1.44 bits per heavy atom. The second-order valence-electron chi connectivity index (χ2n) is 5.66. The van der Waals surface area contributed by atoms with Crippen LogP contribution in [0.3, 0.4) is 0 Å². The van der Waals surface area contributed by atoms with Gasteiger partial charge in [0.25, 0.3) is 0 Å². The number of nitrogens with one attached hydrogen (secondary N) is 1. The molecular formula is C13H28N4O. The number of amides is 1. The molecule has 0 aliphatic carbocycles. The molecule has 18 heavy (non-hydrogen) atoms. The predicted octanol–water partition coefficient (Wildman–Crippen LogP) is -0.136. The minimum atomic E-state index is 0.103. The summed E-state index contributed by atoms with van der Waals surface area (Å²) in [5.41, 5.74) is 5.84. The molecule has 1 fully saturated rings. The van der Waals surface area contributed by atoms with Gasteiger partial charge in [0, 0.05) is 50.7 Å². The van der Waals surface area contributed by atoms with Crippen LogP contribution in [0.25, 0.3) is 0 Å². The summed E-state index contributed by atoms with van der Waals surface area (Å²) in [5, 5.41) is 2.94. The highest BCUT2D eigenvalue weighted by molar-refractivity contribution is 5.76. The van der Waals surface area contributed by atoms with E-state index in [0.29, 0.717) is 19.0 Å². The van der Waals surface area contributed by atoms with Gasteiger partial charge in [-0.1, -0.05) is 0 Å². The van der Waals surface area contributed by atoms with Crippen molar-refractivity contribution in [1.82, 2.24) is 15.1 Å². The van der Waals surface area contributed by atoms with E-state index in [1.807, 2.05) is 13.8 Å². The molecule has 0 saturated carbocycles. The third-order valence-electron chi connectivity index (χ3n) is 3.49. The quantitative estimate of drug-likeness (QED) is 0.719. The summed E-state index contributed by atoms with van der Waals surface area (Å²) in [7, 11) is 2.14. The second kappa shape index (κ2) is 7.07. The summed E-state index contributed by atoms with van der Waals surface area (Å²) in [6.45, 7) is 9.79. The van der Waals surface area contributed by atoms with Gasteiger partial charge in [-0.3, -0.25) is 9.69 Å². The van der Waals surface area contributed by atoms with E-state index in [-0.39, 0.29) is 18.0 Å². The largest absolute Gasteiger partial charge is 0.354 e. The fraction of sp³-hybridized carbons (Fsp3) is 0.923. The molecule has 0 aromatic heterocycles. The zero-order chi connectivity index (χ0) is 13.7. The van der Waals surface area contributed by atoms with Crippen LogP contribution in [0.4, 0.5) is 0 Å². The lowest BCUT2D eigenvalue weighted by atomic mass is 10.1. The number of nitrogens with two attached hydrogens (primary N) is 1. The average Bonchev–Trinajstić information content (AvgIpc) is 2.25. The van der Waals surface area contributed by atoms with Crippen molar-refractivity contribution in [1.29, 1.82) is 0 Å². The van der Waals surface area contributed by atoms with E-state index >= 15 is 0 Å². The first-order chi connectivity index (χ1) is 8.43. The molecule has 1 amide bonds. The van der Waals surface area contributed by atoms with Gasteiger partial charge < -0.3 is 16.0 Å². The van der Waals surface area contributed by atoms with Gasteiger partial charge in [-0.05, 0) is 27.8 Å². The van der Waals surface area contributed by atoms with Crippen molar-refractivity contribution in [2.45, 2.75) is 45.3 Å². The van der Waals surface area contributed by atoms with E-state index in [4.69, 9.17) is 5.73 Å². The molecule has 0 aromatic carbocycles. The molecule has 1 heterocycles. The molecular weight excluding hydrogens is 228 g/mol. The van der Waals surface area contributed by atoms with E-state index < -0.39 is 0 Å². The summed E-state index contributed by atoms with van der Waals surface area (Å²) in [6, 6.07) is 0.817. The molecule has 1 aliphatic rings. The highest BCUT2D eigenvalue weighted by Gasteiger charge is 2.28. The Kier molecular flexibility index (Phi) is 6.05. The Morgan fingerprint density at radius 3 is 2.61 bits per heavy atom. The van der Waals surface area contributed by atoms with Crippen molar-refractivity contribution in [3.63, 3.8) is 0 Å². The highest BCUT2D eigenvalue weighted by Crippen LogP contribution is 2.14. The lowest BCUT2D eigenvalue weighted by molar-refractivity contribution is -0.123. The maximum atomic E-state index is 11.8. The average molecular weight is 256 g/mol. The molecule has 5 nitrogen and oxygen atoms in total. The van der Waals surface area contributed by atoms with Crippen LogP contribution in [0.1, 0.15) is 27.2 Å². The third kappa shape index (κ3) is 4.55. The number of likely N-dealkylation sites (N-methyl/N-ethyl adjacent to an activating group) is 1. The van der Waals surface area contributed by atoms with Gasteiger partial charge in [0.15, 0.2) is 0 Å². The van der Waals surface area contributed by atoms with Gasteiger partial charge in [-0.2, -0.15) is 0 Å². The lowest BCUT2D eigenvalue weighted by Crippen LogP contribution is -2.57. The summed E-state index contributed by atoms with van der Waals surface area (Å²) >= 11 is 0. The molecule has 5 heteroatoms. The fourth-order valence-corrected chi connectivity index (χ4v) is 2.63. The van der Waals surface area contributed by atoms with Gasteiger partial charge in [0.2, 0.25) is 5.91 Å². The molecule has 106 valence electrons. The number of hydrogen-bond donors (Lipinski definition) is 2. The van der Waals surface area contributed by atoms with Crippen LogP contribution in [0, 0.1) is 0 Å². The first kappa shape index (κ1) is 15.4. The maximum Gasteiger partial charge on any atom is 0.221 e. The molecule has 0 bridgehead atoms. The normalized spacial score (nSPS) is 24.2. The highest BCUT2D eigenvalue weighted by atomic mass is 16.1. The fourth-order valence-electron chi connectivity index (χ4n) is 2.63. The Morgan fingerprint density at radius 2 is 2.11 bits per heavy atom. The predicted molar refractivity (Wildman–Crippen MR) is 74.4 cm³/mol. The Bertz CT molecular complexity index is 270. The van der Waals surface area contributed by atoms with Crippen molar-refractivity contribution in [2.75, 3.05) is 33.2 Å². The lowest BCUT2D eigenvalue weighted by Gasteiger charge is -2.42. The van der Waals surface area contributed by atoms with Crippen molar-refractivity contribution < 1.29 is 4.79 Å². The van der Waals surface area contributed by atoms with Gasteiger partial charge in [-0.25, -0.2) is 0 Å². The van der Waals surface area contributed by atoms with Crippen molar-refractivity contribution in [3.8, 4) is 0 Å². The van der Waals surface area contributed by atoms with Crippen LogP contribution in [0.15, 0.2) is 0 Å². The van der Waals surface area contributed by atoms with Crippen molar-refractivity contribution in [3.05, 3.63) is 0 Å². The smallest absolute Gasteiger partial charge is 0.221 e. The summed E-state index contributed by atoms with van der Waals surface area (Å²) in [4.78, 5) is 16.5. The molecule has 2 atom stereocenters. The summed E-state index contributed by atoms with van der Waals surface area (Å²) < 4.78 is 0. The van der Waals surface area contributed by atoms with Crippen LogP contribution < -0.4 is 11.1 Å². The van der Waals surface area contributed by atoms with Crippen LogP contribution in [-0.4, -0.2) is 67.1 Å². The van der Waals surface area contributed by atoms with Crippen LogP contribution in [0.2, 0.25) is 0 Å².